The van der Waals surface area contributed by atoms with Crippen molar-refractivity contribution in [3.05, 3.63) is 93.6 Å². The Morgan fingerprint density at radius 3 is 2.41 bits per heavy atom. The van der Waals surface area contributed by atoms with Gasteiger partial charge in [-0.1, -0.05) is 42.5 Å². The number of rotatable bonds is 7. The zero-order chi connectivity index (χ0) is 29.8. The number of halogens is 3. The largest absolute Gasteiger partial charge is 0.469 e. The fraction of sp³-hybridized carbons (Fsp3) is 0.419. The first-order valence-corrected chi connectivity index (χ1v) is 13.5. The lowest BCUT2D eigenvalue weighted by atomic mass is 9.96. The molecule has 1 amide bonds. The van der Waals surface area contributed by atoms with E-state index in [1.54, 1.807) is 29.2 Å². The molecule has 2 aromatic carbocycles. The fourth-order valence-corrected chi connectivity index (χ4v) is 4.81. The lowest BCUT2D eigenvalue weighted by Gasteiger charge is -2.31. The highest BCUT2D eigenvalue weighted by atomic mass is 19.4. The van der Waals surface area contributed by atoms with Gasteiger partial charge in [-0.15, -0.1) is 0 Å². The SMILES string of the molecule is COC(=O)Cc1ccccc1CCc1nc(Cc2ccc3c(c2)CCN(C(=O)OC(C)(C)C)C3)ncc1C(F)(F)F. The van der Waals surface area contributed by atoms with Gasteiger partial charge < -0.3 is 14.4 Å². The van der Waals surface area contributed by atoms with Crippen molar-refractivity contribution in [2.24, 2.45) is 0 Å². The highest BCUT2D eigenvalue weighted by molar-refractivity contribution is 5.73. The van der Waals surface area contributed by atoms with Gasteiger partial charge >= 0.3 is 18.2 Å². The highest BCUT2D eigenvalue weighted by Gasteiger charge is 2.35. The van der Waals surface area contributed by atoms with Gasteiger partial charge in [0.05, 0.1) is 24.8 Å². The number of carbonyl (C=O) groups excluding carboxylic acids is 2. The van der Waals surface area contributed by atoms with Gasteiger partial charge in [0.15, 0.2) is 0 Å². The van der Waals surface area contributed by atoms with Crippen LogP contribution in [0.1, 0.15) is 65.7 Å². The van der Waals surface area contributed by atoms with Crippen LogP contribution in [0.3, 0.4) is 0 Å². The number of fused-ring (bicyclic) bond motifs is 1. The van der Waals surface area contributed by atoms with E-state index in [9.17, 15) is 22.8 Å². The second-order valence-electron chi connectivity index (χ2n) is 11.1. The number of hydrogen-bond donors (Lipinski definition) is 0. The Morgan fingerprint density at radius 2 is 1.73 bits per heavy atom. The molecule has 0 saturated heterocycles. The summed E-state index contributed by atoms with van der Waals surface area (Å²) >= 11 is 0. The van der Waals surface area contributed by atoms with Gasteiger partial charge in [0.2, 0.25) is 0 Å². The number of nitrogens with zero attached hydrogens (tertiary/aromatic N) is 3. The van der Waals surface area contributed by atoms with Crippen LogP contribution >= 0.6 is 0 Å². The lowest BCUT2D eigenvalue weighted by Crippen LogP contribution is -2.39. The molecule has 0 aliphatic carbocycles. The maximum absolute atomic E-state index is 13.8. The van der Waals surface area contributed by atoms with Crippen LogP contribution in [0, 0.1) is 0 Å². The van der Waals surface area contributed by atoms with Crippen LogP contribution in [0.4, 0.5) is 18.0 Å². The molecular weight excluding hydrogens is 535 g/mol. The molecule has 1 aromatic heterocycles. The van der Waals surface area contributed by atoms with Crippen molar-refractivity contribution in [3.63, 3.8) is 0 Å². The Kier molecular flexibility index (Phi) is 8.99. The molecule has 3 aromatic rings. The molecule has 0 N–H and O–H groups in total. The van der Waals surface area contributed by atoms with E-state index < -0.39 is 23.3 Å². The maximum atomic E-state index is 13.8. The molecule has 0 bridgehead atoms. The minimum Gasteiger partial charge on any atom is -0.469 e. The number of benzene rings is 2. The highest BCUT2D eigenvalue weighted by Crippen LogP contribution is 2.32. The molecule has 7 nitrogen and oxygen atoms in total. The van der Waals surface area contributed by atoms with E-state index in [0.29, 0.717) is 30.9 Å². The molecule has 0 fully saturated rings. The average Bonchev–Trinajstić information content (AvgIpc) is 2.90. The first-order chi connectivity index (χ1) is 19.3. The molecule has 0 atom stereocenters. The average molecular weight is 570 g/mol. The summed E-state index contributed by atoms with van der Waals surface area (Å²) in [6, 6.07) is 13.0. The summed E-state index contributed by atoms with van der Waals surface area (Å²) in [6.07, 6.45) is -2.82. The summed E-state index contributed by atoms with van der Waals surface area (Å²) in [5.41, 5.74) is 2.92. The van der Waals surface area contributed by atoms with Crippen molar-refractivity contribution in [3.8, 4) is 0 Å². The van der Waals surface area contributed by atoms with Crippen LogP contribution in [-0.2, 0) is 59.1 Å². The van der Waals surface area contributed by atoms with Crippen molar-refractivity contribution in [2.45, 2.75) is 71.2 Å². The topological polar surface area (TPSA) is 81.6 Å². The van der Waals surface area contributed by atoms with Crippen molar-refractivity contribution < 1.29 is 32.2 Å². The van der Waals surface area contributed by atoms with Crippen molar-refractivity contribution >= 4 is 12.1 Å². The summed E-state index contributed by atoms with van der Waals surface area (Å²) in [6.45, 7) is 6.43. The Labute approximate surface area is 237 Å². The third-order valence-electron chi connectivity index (χ3n) is 6.83. The van der Waals surface area contributed by atoms with E-state index >= 15 is 0 Å². The molecule has 1 aliphatic rings. The molecule has 0 unspecified atom stereocenters. The van der Waals surface area contributed by atoms with Gasteiger partial charge in [0.25, 0.3) is 0 Å². The van der Waals surface area contributed by atoms with E-state index in [1.807, 2.05) is 39.0 Å². The van der Waals surface area contributed by atoms with Crippen LogP contribution in [0.2, 0.25) is 0 Å². The first kappa shape index (κ1) is 30.0. The molecule has 2 heterocycles. The predicted octanol–water partition coefficient (Wildman–Crippen LogP) is 5.88. The fourth-order valence-electron chi connectivity index (χ4n) is 4.81. The number of aromatic nitrogens is 2. The smallest absolute Gasteiger partial charge is 0.419 e. The summed E-state index contributed by atoms with van der Waals surface area (Å²) < 4.78 is 51.7. The molecule has 0 spiro atoms. The number of methoxy groups -OCH3 is 1. The van der Waals surface area contributed by atoms with Crippen LogP contribution in [0.15, 0.2) is 48.7 Å². The maximum Gasteiger partial charge on any atom is 0.419 e. The molecular formula is C31H34F3N3O4. The Morgan fingerprint density at radius 1 is 1.00 bits per heavy atom. The van der Waals surface area contributed by atoms with E-state index in [4.69, 9.17) is 9.47 Å². The molecule has 4 rings (SSSR count). The number of hydrogen-bond acceptors (Lipinski definition) is 6. The summed E-state index contributed by atoms with van der Waals surface area (Å²) in [4.78, 5) is 34.3. The number of alkyl halides is 3. The molecule has 0 saturated carbocycles. The van der Waals surface area contributed by atoms with E-state index in [-0.39, 0.29) is 37.5 Å². The normalized spacial score (nSPS) is 13.5. The monoisotopic (exact) mass is 569 g/mol. The van der Waals surface area contributed by atoms with E-state index in [2.05, 4.69) is 9.97 Å². The number of aryl methyl sites for hydroxylation is 2. The standard InChI is InChI=1S/C31H34F3N3O4/c1-30(2,3)41-29(39)37-14-13-23-15-20(9-10-24(23)19-37)16-27-35-18-25(31(32,33)34)26(36-27)12-11-21-7-5-6-8-22(21)17-28(38)40-4/h5-10,15,18H,11-14,16-17,19H2,1-4H3. The second-order valence-corrected chi connectivity index (χ2v) is 11.1. The van der Waals surface area contributed by atoms with Crippen molar-refractivity contribution in [2.75, 3.05) is 13.7 Å². The van der Waals surface area contributed by atoms with Gasteiger partial charge in [0, 0.05) is 25.7 Å². The Bertz CT molecular complexity index is 1420. The van der Waals surface area contributed by atoms with Crippen LogP contribution < -0.4 is 0 Å². The summed E-state index contributed by atoms with van der Waals surface area (Å²) in [7, 11) is 1.30. The lowest BCUT2D eigenvalue weighted by molar-refractivity contribution is -0.140. The van der Waals surface area contributed by atoms with Crippen molar-refractivity contribution in [1.29, 1.82) is 0 Å². The number of esters is 1. The molecule has 218 valence electrons. The summed E-state index contributed by atoms with van der Waals surface area (Å²) in [5.74, 6) is -0.123. The van der Waals surface area contributed by atoms with Gasteiger partial charge in [-0.25, -0.2) is 14.8 Å². The third-order valence-corrected chi connectivity index (χ3v) is 6.83. The molecule has 41 heavy (non-hydrogen) atoms. The molecule has 0 radical (unpaired) electrons. The number of ether oxygens (including phenoxy) is 2. The Hall–Kier alpha value is -3.95. The minimum atomic E-state index is -4.59. The number of carbonyl (C=O) groups is 2. The second kappa shape index (κ2) is 12.3. The minimum absolute atomic E-state index is 0.0350. The van der Waals surface area contributed by atoms with Crippen molar-refractivity contribution in [1.82, 2.24) is 14.9 Å². The van der Waals surface area contributed by atoms with Gasteiger partial charge in [-0.3, -0.25) is 4.79 Å². The van der Waals surface area contributed by atoms with Crippen LogP contribution in [-0.4, -0.2) is 46.2 Å². The van der Waals surface area contributed by atoms with Gasteiger partial charge in [-0.05, 0) is 67.9 Å². The quantitative estimate of drug-likeness (QED) is 0.331. The summed E-state index contributed by atoms with van der Waals surface area (Å²) in [5, 5.41) is 0. The van der Waals surface area contributed by atoms with E-state index in [0.717, 1.165) is 28.5 Å². The molecule has 10 heteroatoms. The first-order valence-electron chi connectivity index (χ1n) is 13.5. The molecule has 1 aliphatic heterocycles. The predicted molar refractivity (Wildman–Crippen MR) is 146 cm³/mol. The third kappa shape index (κ3) is 8.05. The zero-order valence-corrected chi connectivity index (χ0v) is 23.7. The number of amides is 1. The van der Waals surface area contributed by atoms with Crippen LogP contribution in [0.5, 0.6) is 0 Å². The van der Waals surface area contributed by atoms with Gasteiger partial charge in [0.1, 0.15) is 11.4 Å². The van der Waals surface area contributed by atoms with E-state index in [1.165, 1.54) is 7.11 Å². The van der Waals surface area contributed by atoms with Gasteiger partial charge in [-0.2, -0.15) is 13.2 Å². The van der Waals surface area contributed by atoms with Crippen LogP contribution in [0.25, 0.3) is 0 Å². The Balaban J connectivity index is 1.50. The zero-order valence-electron chi connectivity index (χ0n) is 23.7.